The van der Waals surface area contributed by atoms with Crippen molar-refractivity contribution in [3.05, 3.63) is 0 Å². The minimum absolute atomic E-state index is 0.115. The van der Waals surface area contributed by atoms with Gasteiger partial charge in [0.05, 0.1) is 18.4 Å². The van der Waals surface area contributed by atoms with Crippen LogP contribution in [0.1, 0.15) is 25.7 Å². The van der Waals surface area contributed by atoms with Crippen molar-refractivity contribution in [1.29, 1.82) is 0 Å². The summed E-state index contributed by atoms with van der Waals surface area (Å²) >= 11 is 0. The molecule has 1 aliphatic rings. The number of nitrogens with one attached hydrogen (secondary N) is 1. The highest BCUT2D eigenvalue weighted by Gasteiger charge is 2.35. The van der Waals surface area contributed by atoms with Crippen LogP contribution in [0.5, 0.6) is 0 Å². The van der Waals surface area contributed by atoms with Gasteiger partial charge >= 0.3 is 5.97 Å². The third-order valence-corrected chi connectivity index (χ3v) is 2.83. The van der Waals surface area contributed by atoms with Crippen molar-refractivity contribution in [1.82, 2.24) is 5.32 Å². The van der Waals surface area contributed by atoms with Crippen molar-refractivity contribution in [2.75, 3.05) is 13.2 Å². The summed E-state index contributed by atoms with van der Waals surface area (Å²) in [5.74, 6) is -2.12. The van der Waals surface area contributed by atoms with E-state index in [9.17, 15) is 9.59 Å². The molecule has 1 amide bonds. The molecule has 1 saturated carbocycles. The molecule has 0 unspecified atom stereocenters. The Balaban J connectivity index is 2.55. The molecule has 1 aliphatic carbocycles. The van der Waals surface area contributed by atoms with Gasteiger partial charge in [0.1, 0.15) is 0 Å². The van der Waals surface area contributed by atoms with E-state index in [0.29, 0.717) is 12.8 Å². The monoisotopic (exact) mass is 215 g/mol. The average molecular weight is 215 g/mol. The standard InChI is InChI=1S/C10H17NO4/c12-6-5-11-9(13)7-3-1-2-4-8(7)10(14)15/h7-8,12H,1-6H2,(H,11,13)(H,14,15)/t7-,8+/m1/s1. The Morgan fingerprint density at radius 1 is 1.20 bits per heavy atom. The van der Waals surface area contributed by atoms with E-state index in [1.165, 1.54) is 0 Å². The average Bonchev–Trinajstić information content (AvgIpc) is 2.25. The molecule has 0 aromatic carbocycles. The first-order chi connectivity index (χ1) is 7.16. The molecule has 0 aromatic heterocycles. The summed E-state index contributed by atoms with van der Waals surface area (Å²) < 4.78 is 0. The predicted octanol–water partition coefficient (Wildman–Crippen LogP) is -0.0141. The number of hydrogen-bond acceptors (Lipinski definition) is 3. The zero-order valence-corrected chi connectivity index (χ0v) is 8.61. The largest absolute Gasteiger partial charge is 0.481 e. The maximum Gasteiger partial charge on any atom is 0.307 e. The lowest BCUT2D eigenvalue weighted by atomic mass is 9.79. The van der Waals surface area contributed by atoms with Crippen molar-refractivity contribution in [2.24, 2.45) is 11.8 Å². The van der Waals surface area contributed by atoms with Crippen LogP contribution in [0.4, 0.5) is 0 Å². The lowest BCUT2D eigenvalue weighted by Crippen LogP contribution is -2.40. The molecular weight excluding hydrogens is 198 g/mol. The molecule has 1 fully saturated rings. The number of aliphatic hydroxyl groups excluding tert-OH is 1. The van der Waals surface area contributed by atoms with E-state index in [2.05, 4.69) is 5.32 Å². The minimum Gasteiger partial charge on any atom is -0.481 e. The van der Waals surface area contributed by atoms with Crippen molar-refractivity contribution < 1.29 is 19.8 Å². The fourth-order valence-corrected chi connectivity index (χ4v) is 2.05. The Morgan fingerprint density at radius 2 is 1.80 bits per heavy atom. The van der Waals surface area contributed by atoms with Gasteiger partial charge in [0.25, 0.3) is 0 Å². The highest BCUT2D eigenvalue weighted by atomic mass is 16.4. The predicted molar refractivity (Wildman–Crippen MR) is 53.2 cm³/mol. The Morgan fingerprint density at radius 3 is 2.33 bits per heavy atom. The van der Waals surface area contributed by atoms with E-state index in [1.807, 2.05) is 0 Å². The van der Waals surface area contributed by atoms with E-state index in [1.54, 1.807) is 0 Å². The van der Waals surface area contributed by atoms with Gasteiger partial charge < -0.3 is 15.5 Å². The van der Waals surface area contributed by atoms with E-state index in [4.69, 9.17) is 10.2 Å². The number of aliphatic carboxylic acids is 1. The second-order valence-corrected chi connectivity index (χ2v) is 3.85. The second kappa shape index (κ2) is 5.70. The Labute approximate surface area is 88.5 Å². The van der Waals surface area contributed by atoms with E-state index >= 15 is 0 Å². The van der Waals surface area contributed by atoms with Gasteiger partial charge in [-0.1, -0.05) is 12.8 Å². The van der Waals surface area contributed by atoms with Crippen LogP contribution < -0.4 is 5.32 Å². The van der Waals surface area contributed by atoms with Crippen molar-refractivity contribution in [2.45, 2.75) is 25.7 Å². The number of carboxylic acid groups (broad SMARTS) is 1. The van der Waals surface area contributed by atoms with Gasteiger partial charge in [-0.05, 0) is 12.8 Å². The fourth-order valence-electron chi connectivity index (χ4n) is 2.05. The number of carbonyl (C=O) groups excluding carboxylic acids is 1. The van der Waals surface area contributed by atoms with Crippen molar-refractivity contribution in [3.63, 3.8) is 0 Å². The first kappa shape index (κ1) is 12.0. The second-order valence-electron chi connectivity index (χ2n) is 3.85. The summed E-state index contributed by atoms with van der Waals surface area (Å²) in [5.41, 5.74) is 0. The Bertz CT molecular complexity index is 242. The van der Waals surface area contributed by atoms with Crippen LogP contribution in [0, 0.1) is 11.8 Å². The van der Waals surface area contributed by atoms with Crippen molar-refractivity contribution >= 4 is 11.9 Å². The molecule has 0 bridgehead atoms. The van der Waals surface area contributed by atoms with Gasteiger partial charge in [-0.15, -0.1) is 0 Å². The molecule has 0 heterocycles. The van der Waals surface area contributed by atoms with Gasteiger partial charge in [0.15, 0.2) is 0 Å². The summed E-state index contributed by atoms with van der Waals surface area (Å²) in [4.78, 5) is 22.5. The van der Waals surface area contributed by atoms with E-state index in [0.717, 1.165) is 12.8 Å². The van der Waals surface area contributed by atoms with Crippen LogP contribution in [0.25, 0.3) is 0 Å². The normalized spacial score (nSPS) is 25.9. The lowest BCUT2D eigenvalue weighted by Gasteiger charge is -2.27. The number of hydrogen-bond donors (Lipinski definition) is 3. The molecule has 1 rings (SSSR count). The fraction of sp³-hybridized carbons (Fsp3) is 0.800. The third-order valence-electron chi connectivity index (χ3n) is 2.83. The molecule has 0 saturated heterocycles. The minimum atomic E-state index is -0.890. The summed E-state index contributed by atoms with van der Waals surface area (Å²) in [7, 11) is 0. The summed E-state index contributed by atoms with van der Waals surface area (Å²) in [6.07, 6.45) is 2.99. The zero-order chi connectivity index (χ0) is 11.3. The third kappa shape index (κ3) is 3.20. The van der Waals surface area contributed by atoms with Crippen LogP contribution >= 0.6 is 0 Å². The topological polar surface area (TPSA) is 86.6 Å². The van der Waals surface area contributed by atoms with Crippen molar-refractivity contribution in [3.8, 4) is 0 Å². The number of carbonyl (C=O) groups is 2. The van der Waals surface area contributed by atoms with Gasteiger partial charge in [0, 0.05) is 6.54 Å². The summed E-state index contributed by atoms with van der Waals surface area (Å²) in [5, 5.41) is 20.0. The number of carboxylic acids is 1. The number of aliphatic hydroxyl groups is 1. The molecule has 3 N–H and O–H groups in total. The van der Waals surface area contributed by atoms with E-state index < -0.39 is 17.8 Å². The summed E-state index contributed by atoms with van der Waals surface area (Å²) in [6.45, 7) is 0.0812. The van der Waals surface area contributed by atoms with Crippen LogP contribution in [0.3, 0.4) is 0 Å². The molecule has 86 valence electrons. The molecule has 0 aromatic rings. The summed E-state index contributed by atoms with van der Waals surface area (Å²) in [6, 6.07) is 0. The van der Waals surface area contributed by atoms with Gasteiger partial charge in [-0.25, -0.2) is 0 Å². The first-order valence-electron chi connectivity index (χ1n) is 5.28. The molecule has 5 nitrogen and oxygen atoms in total. The van der Waals surface area contributed by atoms with Crippen LogP contribution in [0.2, 0.25) is 0 Å². The van der Waals surface area contributed by atoms with Crippen LogP contribution in [-0.2, 0) is 9.59 Å². The van der Waals surface area contributed by atoms with Gasteiger partial charge in [-0.3, -0.25) is 9.59 Å². The molecule has 0 aliphatic heterocycles. The molecular formula is C10H17NO4. The highest BCUT2D eigenvalue weighted by Crippen LogP contribution is 2.30. The molecule has 0 spiro atoms. The number of rotatable bonds is 4. The zero-order valence-electron chi connectivity index (χ0n) is 8.61. The first-order valence-corrected chi connectivity index (χ1v) is 5.28. The van der Waals surface area contributed by atoms with E-state index in [-0.39, 0.29) is 19.1 Å². The highest BCUT2D eigenvalue weighted by molar-refractivity contribution is 5.84. The van der Waals surface area contributed by atoms with Gasteiger partial charge in [0.2, 0.25) is 5.91 Å². The smallest absolute Gasteiger partial charge is 0.307 e. The quantitative estimate of drug-likeness (QED) is 0.615. The lowest BCUT2D eigenvalue weighted by molar-refractivity contribution is -0.148. The number of amides is 1. The van der Waals surface area contributed by atoms with Crippen LogP contribution in [-0.4, -0.2) is 35.2 Å². The Kier molecular flexibility index (Phi) is 4.55. The molecule has 5 heteroatoms. The maximum absolute atomic E-state index is 11.6. The Hall–Kier alpha value is -1.10. The maximum atomic E-state index is 11.6. The molecule has 0 radical (unpaired) electrons. The van der Waals surface area contributed by atoms with Crippen LogP contribution in [0.15, 0.2) is 0 Å². The molecule has 15 heavy (non-hydrogen) atoms. The molecule has 2 atom stereocenters. The SMILES string of the molecule is O=C(O)[C@H]1CCCC[C@H]1C(=O)NCCO. The van der Waals surface area contributed by atoms with Gasteiger partial charge in [-0.2, -0.15) is 0 Å².